The average Bonchev–Trinajstić information content (AvgIpc) is 3.41. The van der Waals surface area contributed by atoms with Gasteiger partial charge in [-0.1, -0.05) is 11.8 Å². The molecule has 5 heterocycles. The van der Waals surface area contributed by atoms with E-state index in [1.54, 1.807) is 29.9 Å². The number of piperidine rings is 1. The molecule has 2 fully saturated rings. The minimum absolute atomic E-state index is 0.174. The van der Waals surface area contributed by atoms with Crippen LogP contribution in [0.5, 0.6) is 0 Å². The first-order valence-corrected chi connectivity index (χ1v) is 13.0. The van der Waals surface area contributed by atoms with Crippen LogP contribution in [-0.2, 0) is 4.79 Å². The number of nitrogen functional groups attached to an aromatic ring is 1. The van der Waals surface area contributed by atoms with Crippen LogP contribution in [0.3, 0.4) is 0 Å². The predicted octanol–water partition coefficient (Wildman–Crippen LogP) is 4.74. The first-order chi connectivity index (χ1) is 17.3. The molecule has 0 aromatic carbocycles. The highest BCUT2D eigenvalue weighted by Crippen LogP contribution is 2.55. The molecule has 0 atom stereocenters. The maximum absolute atomic E-state index is 14.4. The summed E-state index contributed by atoms with van der Waals surface area (Å²) in [4.78, 5) is 18.6. The van der Waals surface area contributed by atoms with Crippen molar-refractivity contribution in [3.63, 3.8) is 0 Å². The van der Waals surface area contributed by atoms with Crippen molar-refractivity contribution in [3.8, 4) is 11.1 Å². The van der Waals surface area contributed by atoms with Crippen molar-refractivity contribution in [1.29, 1.82) is 0 Å². The number of nitrogens with zero attached hydrogens (tertiary/aromatic N) is 6. The second kappa shape index (κ2) is 8.62. The van der Waals surface area contributed by atoms with Crippen LogP contribution in [0.4, 0.5) is 10.1 Å². The summed E-state index contributed by atoms with van der Waals surface area (Å²) < 4.78 is 18.3. The smallest absolute Gasteiger partial charge is 0.219 e. The van der Waals surface area contributed by atoms with Gasteiger partial charge in [-0.3, -0.25) is 9.48 Å². The summed E-state index contributed by atoms with van der Waals surface area (Å²) in [5.74, 6) is -0.200. The van der Waals surface area contributed by atoms with Crippen LogP contribution in [0.1, 0.15) is 44.3 Å². The Morgan fingerprint density at radius 3 is 2.72 bits per heavy atom. The summed E-state index contributed by atoms with van der Waals surface area (Å²) in [6.07, 6.45) is 11.4. The Morgan fingerprint density at radius 2 is 2.00 bits per heavy atom. The van der Waals surface area contributed by atoms with Gasteiger partial charge in [-0.25, -0.2) is 13.9 Å². The lowest BCUT2D eigenvalue weighted by molar-refractivity contribution is -0.132. The van der Waals surface area contributed by atoms with E-state index in [-0.39, 0.29) is 11.7 Å². The zero-order chi connectivity index (χ0) is 25.0. The van der Waals surface area contributed by atoms with Crippen LogP contribution in [0, 0.1) is 18.2 Å². The van der Waals surface area contributed by atoms with Gasteiger partial charge in [0.15, 0.2) is 5.82 Å². The van der Waals surface area contributed by atoms with Crippen LogP contribution in [0.25, 0.3) is 16.6 Å². The summed E-state index contributed by atoms with van der Waals surface area (Å²) >= 11 is 1.24. The Hall–Kier alpha value is -3.40. The van der Waals surface area contributed by atoms with E-state index in [0.29, 0.717) is 22.2 Å². The molecular weight excluding hydrogens is 477 g/mol. The molecule has 1 amide bonds. The molecule has 4 aromatic rings. The highest BCUT2D eigenvalue weighted by molar-refractivity contribution is 7.99. The molecule has 10 heteroatoms. The fourth-order valence-electron chi connectivity index (χ4n) is 5.77. The molecule has 36 heavy (non-hydrogen) atoms. The maximum Gasteiger partial charge on any atom is 0.219 e. The number of carbonyl (C=O) groups is 1. The van der Waals surface area contributed by atoms with Crippen molar-refractivity contribution in [2.24, 2.45) is 5.41 Å². The van der Waals surface area contributed by atoms with Gasteiger partial charge in [-0.15, -0.1) is 0 Å². The largest absolute Gasteiger partial charge is 0.396 e. The lowest BCUT2D eigenvalue weighted by Gasteiger charge is -2.52. The lowest BCUT2D eigenvalue weighted by Crippen LogP contribution is -2.48. The molecule has 2 N–H and O–H groups in total. The first kappa shape index (κ1) is 23.0. The highest BCUT2D eigenvalue weighted by Gasteiger charge is 2.47. The number of hydrogen-bond acceptors (Lipinski definition) is 6. The van der Waals surface area contributed by atoms with E-state index in [2.05, 4.69) is 21.7 Å². The van der Waals surface area contributed by atoms with Crippen molar-refractivity contribution < 1.29 is 9.18 Å². The van der Waals surface area contributed by atoms with Crippen LogP contribution in [0.2, 0.25) is 0 Å². The monoisotopic (exact) mass is 505 g/mol. The molecule has 1 saturated heterocycles. The molecule has 0 unspecified atom stereocenters. The minimum Gasteiger partial charge on any atom is -0.396 e. The van der Waals surface area contributed by atoms with Crippen molar-refractivity contribution in [2.45, 2.75) is 55.5 Å². The summed E-state index contributed by atoms with van der Waals surface area (Å²) in [7, 11) is 0. The maximum atomic E-state index is 14.4. The Balaban J connectivity index is 1.28. The van der Waals surface area contributed by atoms with Crippen molar-refractivity contribution in [1.82, 2.24) is 29.3 Å². The van der Waals surface area contributed by atoms with E-state index in [9.17, 15) is 9.18 Å². The topological polar surface area (TPSA) is 94.3 Å². The number of nitrogens with two attached hydrogens (primary N) is 1. The Labute approximate surface area is 212 Å². The van der Waals surface area contributed by atoms with Gasteiger partial charge in [0.05, 0.1) is 24.1 Å². The van der Waals surface area contributed by atoms with E-state index in [4.69, 9.17) is 10.8 Å². The molecule has 186 valence electrons. The summed E-state index contributed by atoms with van der Waals surface area (Å²) in [5.41, 5.74) is 10.8. The molecule has 0 radical (unpaired) electrons. The SMILES string of the molecule is CC(=O)N1CCC2(CC1)CC(n1ncc(-c3cc(Sc4ncccc4F)c4c(N)cnn4c3)c1C)C2. The fraction of sp³-hybridized carbons (Fsp3) is 0.385. The second-order valence-corrected chi connectivity index (χ2v) is 11.1. The number of aromatic nitrogens is 5. The van der Waals surface area contributed by atoms with Crippen LogP contribution < -0.4 is 5.73 Å². The first-order valence-electron chi connectivity index (χ1n) is 12.2. The molecule has 4 aromatic heterocycles. The number of rotatable bonds is 4. The number of hydrogen-bond donors (Lipinski definition) is 1. The zero-order valence-electron chi connectivity index (χ0n) is 20.3. The van der Waals surface area contributed by atoms with E-state index >= 15 is 0 Å². The molecule has 1 saturated carbocycles. The van der Waals surface area contributed by atoms with Gasteiger partial charge in [-0.2, -0.15) is 10.2 Å². The number of fused-ring (bicyclic) bond motifs is 1. The molecular formula is C26H28FN7OS. The van der Waals surface area contributed by atoms with Gasteiger partial charge in [0, 0.05) is 54.1 Å². The van der Waals surface area contributed by atoms with E-state index in [1.165, 1.54) is 17.8 Å². The lowest BCUT2D eigenvalue weighted by atomic mass is 9.60. The van der Waals surface area contributed by atoms with Gasteiger partial charge in [0.25, 0.3) is 0 Å². The number of anilines is 1. The number of amides is 1. The number of pyridine rings is 2. The minimum atomic E-state index is -0.374. The predicted molar refractivity (Wildman–Crippen MR) is 136 cm³/mol. The van der Waals surface area contributed by atoms with Crippen LogP contribution in [-0.4, -0.2) is 48.3 Å². The summed E-state index contributed by atoms with van der Waals surface area (Å²) in [6, 6.07) is 5.36. The van der Waals surface area contributed by atoms with Gasteiger partial charge < -0.3 is 10.6 Å². The van der Waals surface area contributed by atoms with Gasteiger partial charge >= 0.3 is 0 Å². The van der Waals surface area contributed by atoms with Gasteiger partial charge in [0.2, 0.25) is 5.91 Å². The standard InChI is InChI=1S/C26H28FN7OS/c1-16-20(13-31-34(16)19-11-26(12-19)5-8-32(9-6-26)17(2)35)18-10-23(24-22(28)14-30-33(24)15-18)36-25-21(27)4-3-7-29-25/h3-4,7,10,13-15,19H,5-6,8-9,11-12,28H2,1-2H3. The molecule has 0 bridgehead atoms. The van der Waals surface area contributed by atoms with Crippen molar-refractivity contribution >= 4 is 28.9 Å². The molecule has 8 nitrogen and oxygen atoms in total. The fourth-order valence-corrected chi connectivity index (χ4v) is 6.76. The van der Waals surface area contributed by atoms with Crippen molar-refractivity contribution in [2.75, 3.05) is 18.8 Å². The Morgan fingerprint density at radius 1 is 1.22 bits per heavy atom. The molecule has 1 spiro atoms. The van der Waals surface area contributed by atoms with E-state index in [1.807, 2.05) is 23.4 Å². The molecule has 6 rings (SSSR count). The molecule has 1 aliphatic carbocycles. The van der Waals surface area contributed by atoms with Gasteiger partial charge in [-0.05, 0) is 56.2 Å². The Kier molecular flexibility index (Phi) is 5.51. The van der Waals surface area contributed by atoms with Crippen LogP contribution >= 0.6 is 11.8 Å². The number of halogens is 1. The Bertz CT molecular complexity index is 1460. The van der Waals surface area contributed by atoms with Gasteiger partial charge in [0.1, 0.15) is 10.5 Å². The number of carbonyl (C=O) groups excluding carboxylic acids is 1. The third-order valence-electron chi connectivity index (χ3n) is 7.84. The second-order valence-electron chi connectivity index (χ2n) is 10.0. The summed E-state index contributed by atoms with van der Waals surface area (Å²) in [6.45, 7) is 5.46. The number of likely N-dealkylation sites (tertiary alicyclic amines) is 1. The average molecular weight is 506 g/mol. The van der Waals surface area contributed by atoms with Crippen LogP contribution in [0.15, 0.2) is 52.9 Å². The third kappa shape index (κ3) is 3.84. The van der Waals surface area contributed by atoms with E-state index in [0.717, 1.165) is 66.0 Å². The summed E-state index contributed by atoms with van der Waals surface area (Å²) in [5, 5.41) is 9.47. The normalized spacial score (nSPS) is 17.6. The molecule has 2 aliphatic rings. The quantitative estimate of drug-likeness (QED) is 0.431. The van der Waals surface area contributed by atoms with Crippen molar-refractivity contribution in [3.05, 3.63) is 54.5 Å². The highest BCUT2D eigenvalue weighted by atomic mass is 32.2. The third-order valence-corrected chi connectivity index (χ3v) is 8.87. The zero-order valence-corrected chi connectivity index (χ0v) is 21.1. The van der Waals surface area contributed by atoms with E-state index < -0.39 is 0 Å². The molecule has 1 aliphatic heterocycles.